The fraction of sp³-hybridized carbons (Fsp3) is 0.677. The topological polar surface area (TPSA) is 134 Å². The number of phosphoric ester groups is 1. The standard InChI is InChI=1S/C31H54NO8P/c1-3-5-7-9-11-12-13-14-15-16-18-20-22-24-31(34)40-29(28-39-41(35,36)38-26-25-32)27-37-30(33)23-21-19-17-10-8-6-4-2/h5,7,11-12,14-15,18,20,29H,3-4,6,8-10,13,16-17,19,21-28,32H2,1-2H3,(H,35,36)/b7-5-,12-11-,15-14-,20-18-. The highest BCUT2D eigenvalue weighted by Gasteiger charge is 2.25. The van der Waals surface area contributed by atoms with Crippen LogP contribution in [0, 0.1) is 0 Å². The molecule has 236 valence electrons. The predicted molar refractivity (Wildman–Crippen MR) is 164 cm³/mol. The van der Waals surface area contributed by atoms with Crippen LogP contribution < -0.4 is 5.73 Å². The molecule has 3 N–H and O–H groups in total. The quantitative estimate of drug-likeness (QED) is 0.0433. The molecule has 0 bridgehead atoms. The predicted octanol–water partition coefficient (Wildman–Crippen LogP) is 7.26. The third kappa shape index (κ3) is 27.9. The first-order valence-corrected chi connectivity index (χ1v) is 16.6. The number of rotatable bonds is 27. The third-order valence-corrected chi connectivity index (χ3v) is 6.73. The zero-order valence-electron chi connectivity index (χ0n) is 25.3. The van der Waals surface area contributed by atoms with Gasteiger partial charge in [-0.25, -0.2) is 4.57 Å². The first-order valence-electron chi connectivity index (χ1n) is 15.1. The number of hydrogen-bond acceptors (Lipinski definition) is 8. The van der Waals surface area contributed by atoms with Gasteiger partial charge in [-0.3, -0.25) is 18.6 Å². The van der Waals surface area contributed by atoms with Gasteiger partial charge in [0.15, 0.2) is 6.10 Å². The van der Waals surface area contributed by atoms with E-state index in [2.05, 4.69) is 50.3 Å². The van der Waals surface area contributed by atoms with Gasteiger partial charge in [-0.2, -0.15) is 0 Å². The van der Waals surface area contributed by atoms with Gasteiger partial charge >= 0.3 is 19.8 Å². The normalized spacial score (nSPS) is 14.3. The molecule has 0 heterocycles. The Morgan fingerprint density at radius 1 is 0.756 bits per heavy atom. The largest absolute Gasteiger partial charge is 0.472 e. The molecule has 0 amide bonds. The van der Waals surface area contributed by atoms with Gasteiger partial charge in [0, 0.05) is 19.4 Å². The molecule has 0 saturated carbocycles. The van der Waals surface area contributed by atoms with E-state index in [0.717, 1.165) is 51.4 Å². The number of esters is 2. The van der Waals surface area contributed by atoms with Crippen LogP contribution in [-0.2, 0) is 32.7 Å². The molecule has 41 heavy (non-hydrogen) atoms. The molecule has 0 aromatic rings. The van der Waals surface area contributed by atoms with Gasteiger partial charge in [0.25, 0.3) is 0 Å². The average Bonchev–Trinajstić information content (AvgIpc) is 2.95. The molecule has 10 heteroatoms. The summed E-state index contributed by atoms with van der Waals surface area (Å²) in [5, 5.41) is 0. The maximum Gasteiger partial charge on any atom is 0.472 e. The number of unbranched alkanes of at least 4 members (excludes halogenated alkanes) is 6. The number of allylic oxidation sites excluding steroid dienone is 8. The molecule has 0 aliphatic carbocycles. The molecule has 0 radical (unpaired) electrons. The lowest BCUT2D eigenvalue weighted by molar-refractivity contribution is -0.161. The number of carbonyl (C=O) groups is 2. The number of ether oxygens (including phenoxy) is 2. The number of nitrogens with two attached hydrogens (primary N) is 1. The van der Waals surface area contributed by atoms with Gasteiger partial charge in [-0.05, 0) is 38.5 Å². The lowest BCUT2D eigenvalue weighted by atomic mass is 10.1. The fourth-order valence-electron chi connectivity index (χ4n) is 3.53. The van der Waals surface area contributed by atoms with Crippen LogP contribution in [0.25, 0.3) is 0 Å². The molecule has 9 nitrogen and oxygen atoms in total. The summed E-state index contributed by atoms with van der Waals surface area (Å²) in [5.41, 5.74) is 5.29. The van der Waals surface area contributed by atoms with Crippen molar-refractivity contribution in [2.75, 3.05) is 26.4 Å². The van der Waals surface area contributed by atoms with Gasteiger partial charge in [0.05, 0.1) is 13.2 Å². The zero-order valence-corrected chi connectivity index (χ0v) is 26.1. The second-order valence-corrected chi connectivity index (χ2v) is 11.0. The van der Waals surface area contributed by atoms with Gasteiger partial charge < -0.3 is 20.1 Å². The summed E-state index contributed by atoms with van der Waals surface area (Å²) in [5.74, 6) is -0.939. The van der Waals surface area contributed by atoms with E-state index in [1.807, 2.05) is 12.2 Å². The lowest BCUT2D eigenvalue weighted by Gasteiger charge is -2.19. The van der Waals surface area contributed by atoms with Gasteiger partial charge in [-0.15, -0.1) is 0 Å². The van der Waals surface area contributed by atoms with Crippen LogP contribution in [0.3, 0.4) is 0 Å². The highest BCUT2D eigenvalue weighted by Crippen LogP contribution is 2.43. The second kappa shape index (κ2) is 28.1. The molecule has 0 spiro atoms. The van der Waals surface area contributed by atoms with E-state index in [4.69, 9.17) is 24.3 Å². The van der Waals surface area contributed by atoms with E-state index in [1.54, 1.807) is 0 Å². The van der Waals surface area contributed by atoms with E-state index in [0.29, 0.717) is 6.42 Å². The monoisotopic (exact) mass is 599 g/mol. The number of phosphoric acid groups is 1. The zero-order chi connectivity index (χ0) is 30.4. The van der Waals surface area contributed by atoms with Crippen LogP contribution in [0.4, 0.5) is 0 Å². The molecule has 0 aromatic carbocycles. The molecule has 0 aliphatic rings. The Morgan fingerprint density at radius 2 is 1.34 bits per heavy atom. The van der Waals surface area contributed by atoms with Crippen LogP contribution in [0.1, 0.15) is 104 Å². The Bertz CT molecular complexity index is 825. The van der Waals surface area contributed by atoms with Crippen LogP contribution in [0.5, 0.6) is 0 Å². The minimum Gasteiger partial charge on any atom is -0.462 e. The van der Waals surface area contributed by atoms with E-state index in [9.17, 15) is 19.0 Å². The molecule has 0 aliphatic heterocycles. The van der Waals surface area contributed by atoms with Crippen molar-refractivity contribution in [1.82, 2.24) is 0 Å². The maximum atomic E-state index is 12.4. The maximum absolute atomic E-state index is 12.4. The van der Waals surface area contributed by atoms with Crippen molar-refractivity contribution in [3.63, 3.8) is 0 Å². The Balaban J connectivity index is 4.49. The molecule has 0 rings (SSSR count). The highest BCUT2D eigenvalue weighted by molar-refractivity contribution is 7.47. The molecular weight excluding hydrogens is 545 g/mol. The van der Waals surface area contributed by atoms with Gasteiger partial charge in [0.2, 0.25) is 0 Å². The van der Waals surface area contributed by atoms with E-state index in [-0.39, 0.29) is 32.6 Å². The smallest absolute Gasteiger partial charge is 0.462 e. The van der Waals surface area contributed by atoms with E-state index in [1.165, 1.54) is 19.3 Å². The second-order valence-electron chi connectivity index (χ2n) is 9.59. The Labute approximate surface area is 247 Å². The highest BCUT2D eigenvalue weighted by atomic mass is 31.2. The summed E-state index contributed by atoms with van der Waals surface area (Å²) in [7, 11) is -4.37. The van der Waals surface area contributed by atoms with Crippen molar-refractivity contribution in [3.05, 3.63) is 48.6 Å². The van der Waals surface area contributed by atoms with Crippen LogP contribution in [-0.4, -0.2) is 49.3 Å². The van der Waals surface area contributed by atoms with E-state index >= 15 is 0 Å². The Morgan fingerprint density at radius 3 is 1.95 bits per heavy atom. The van der Waals surface area contributed by atoms with Crippen molar-refractivity contribution < 1.29 is 37.6 Å². The number of carbonyl (C=O) groups excluding carboxylic acids is 2. The first kappa shape index (κ1) is 39.0. The summed E-state index contributed by atoms with van der Waals surface area (Å²) in [6.07, 6.45) is 27.6. The van der Waals surface area contributed by atoms with Gasteiger partial charge in [0.1, 0.15) is 6.61 Å². The summed E-state index contributed by atoms with van der Waals surface area (Å²) in [6, 6.07) is 0. The molecular formula is C31H54NO8P. The fourth-order valence-corrected chi connectivity index (χ4v) is 4.29. The lowest BCUT2D eigenvalue weighted by Crippen LogP contribution is -2.29. The van der Waals surface area contributed by atoms with Crippen LogP contribution in [0.2, 0.25) is 0 Å². The summed E-state index contributed by atoms with van der Waals surface area (Å²) in [4.78, 5) is 34.3. The average molecular weight is 600 g/mol. The van der Waals surface area contributed by atoms with Crippen molar-refractivity contribution in [2.45, 2.75) is 110 Å². The third-order valence-electron chi connectivity index (χ3n) is 5.74. The summed E-state index contributed by atoms with van der Waals surface area (Å²) >= 11 is 0. The molecule has 0 fully saturated rings. The van der Waals surface area contributed by atoms with Crippen LogP contribution >= 0.6 is 7.82 Å². The summed E-state index contributed by atoms with van der Waals surface area (Å²) < 4.78 is 32.2. The van der Waals surface area contributed by atoms with Gasteiger partial charge in [-0.1, -0.05) is 101 Å². The SMILES string of the molecule is CC/C=C\C/C=C\C/C=C\C/C=C\CCC(=O)OC(COC(=O)CCCCCCCCC)COP(=O)(O)OCCN. The first-order chi connectivity index (χ1) is 19.8. The number of hydrogen-bond donors (Lipinski definition) is 2. The minimum absolute atomic E-state index is 0.0415. The Kier molecular flexibility index (Phi) is 26.7. The summed E-state index contributed by atoms with van der Waals surface area (Å²) in [6.45, 7) is 3.42. The van der Waals surface area contributed by atoms with Crippen molar-refractivity contribution in [3.8, 4) is 0 Å². The van der Waals surface area contributed by atoms with Crippen LogP contribution in [0.15, 0.2) is 48.6 Å². The Hall–Kier alpha value is -2.03. The van der Waals surface area contributed by atoms with Crippen molar-refractivity contribution in [1.29, 1.82) is 0 Å². The molecule has 2 atom stereocenters. The van der Waals surface area contributed by atoms with Crippen molar-refractivity contribution >= 4 is 19.8 Å². The van der Waals surface area contributed by atoms with Crippen molar-refractivity contribution in [2.24, 2.45) is 5.73 Å². The minimum atomic E-state index is -4.37. The van der Waals surface area contributed by atoms with E-state index < -0.39 is 32.5 Å². The molecule has 0 saturated heterocycles. The molecule has 0 aromatic heterocycles. The molecule has 2 unspecified atom stereocenters.